The van der Waals surface area contributed by atoms with Crippen LogP contribution in [0.5, 0.6) is 11.6 Å². The van der Waals surface area contributed by atoms with Crippen LogP contribution in [0.15, 0.2) is 55.4 Å². The van der Waals surface area contributed by atoms with E-state index in [-0.39, 0.29) is 5.91 Å². The van der Waals surface area contributed by atoms with Crippen molar-refractivity contribution in [3.63, 3.8) is 0 Å². The van der Waals surface area contributed by atoms with Crippen LogP contribution in [0.25, 0.3) is 5.82 Å². The Morgan fingerprint density at radius 1 is 1.19 bits per heavy atom. The fraction of sp³-hybridized carbons (Fsp3) is 0.300. The number of hydrogen-bond donors (Lipinski definition) is 1. The van der Waals surface area contributed by atoms with Gasteiger partial charge in [0.2, 0.25) is 11.8 Å². The summed E-state index contributed by atoms with van der Waals surface area (Å²) in [5.74, 6) is 2.37. The van der Waals surface area contributed by atoms with Gasteiger partial charge in [0, 0.05) is 30.6 Å². The summed E-state index contributed by atoms with van der Waals surface area (Å²) in [4.78, 5) is 24.5. The molecule has 138 valence electrons. The van der Waals surface area contributed by atoms with Crippen LogP contribution in [-0.2, 0) is 4.79 Å². The highest BCUT2D eigenvalue weighted by Gasteiger charge is 2.18. The van der Waals surface area contributed by atoms with Crippen LogP contribution in [0.3, 0.4) is 0 Å². The van der Waals surface area contributed by atoms with Gasteiger partial charge in [-0.15, -0.1) is 0 Å². The third-order valence-corrected chi connectivity index (χ3v) is 4.71. The quantitative estimate of drug-likeness (QED) is 0.716. The van der Waals surface area contributed by atoms with E-state index in [1.54, 1.807) is 29.4 Å². The van der Waals surface area contributed by atoms with Gasteiger partial charge in [0.15, 0.2) is 0 Å². The number of carbonyl (C=O) groups is 1. The molecule has 2 heterocycles. The molecule has 7 heteroatoms. The Hall–Kier alpha value is -3.22. The molecule has 0 radical (unpaired) electrons. The van der Waals surface area contributed by atoms with Gasteiger partial charge in [-0.2, -0.15) is 0 Å². The highest BCUT2D eigenvalue weighted by molar-refractivity contribution is 5.90. The number of hydrogen-bond acceptors (Lipinski definition) is 5. The van der Waals surface area contributed by atoms with Gasteiger partial charge in [-0.3, -0.25) is 9.36 Å². The van der Waals surface area contributed by atoms with Crippen molar-refractivity contribution in [2.75, 3.05) is 5.32 Å². The number of ether oxygens (including phenoxy) is 1. The van der Waals surface area contributed by atoms with E-state index in [0.29, 0.717) is 29.8 Å². The molecule has 4 rings (SSSR count). The third-order valence-electron chi connectivity index (χ3n) is 4.71. The summed E-state index contributed by atoms with van der Waals surface area (Å²) < 4.78 is 7.56. The zero-order valence-electron chi connectivity index (χ0n) is 14.9. The first-order chi connectivity index (χ1) is 13.3. The number of aromatic nitrogens is 4. The maximum atomic E-state index is 12.1. The molecular formula is C20H21N5O2. The molecule has 7 nitrogen and oxygen atoms in total. The molecule has 0 saturated heterocycles. The normalized spacial score (nSPS) is 14.2. The van der Waals surface area contributed by atoms with Crippen LogP contribution in [0.2, 0.25) is 0 Å². The van der Waals surface area contributed by atoms with Gasteiger partial charge < -0.3 is 10.1 Å². The molecular weight excluding hydrogens is 342 g/mol. The predicted octanol–water partition coefficient (Wildman–Crippen LogP) is 3.97. The fourth-order valence-corrected chi connectivity index (χ4v) is 3.34. The molecule has 0 spiro atoms. The van der Waals surface area contributed by atoms with Gasteiger partial charge in [-0.1, -0.05) is 12.8 Å². The summed E-state index contributed by atoms with van der Waals surface area (Å²) in [6, 6.07) is 9.02. The van der Waals surface area contributed by atoms with Crippen LogP contribution in [0.1, 0.15) is 32.1 Å². The number of nitrogens with one attached hydrogen (secondary N) is 1. The van der Waals surface area contributed by atoms with Gasteiger partial charge in [0.1, 0.15) is 24.2 Å². The number of nitrogens with zero attached hydrogens (tertiary/aromatic N) is 4. The molecule has 1 N–H and O–H groups in total. The summed E-state index contributed by atoms with van der Waals surface area (Å²) >= 11 is 0. The lowest BCUT2D eigenvalue weighted by Gasteiger charge is -2.10. The summed E-state index contributed by atoms with van der Waals surface area (Å²) in [7, 11) is 0. The van der Waals surface area contributed by atoms with E-state index >= 15 is 0 Å². The summed E-state index contributed by atoms with van der Waals surface area (Å²) in [5, 5.41) is 2.96. The minimum absolute atomic E-state index is 0.0799. The van der Waals surface area contributed by atoms with Crippen molar-refractivity contribution < 1.29 is 9.53 Å². The second kappa shape index (κ2) is 7.99. The van der Waals surface area contributed by atoms with E-state index in [1.807, 2.05) is 24.3 Å². The van der Waals surface area contributed by atoms with Crippen molar-refractivity contribution in [1.82, 2.24) is 19.5 Å². The maximum absolute atomic E-state index is 12.1. The van der Waals surface area contributed by atoms with Crippen molar-refractivity contribution in [2.45, 2.75) is 32.1 Å². The number of carbonyl (C=O) groups excluding carboxylic acids is 1. The van der Waals surface area contributed by atoms with Crippen LogP contribution in [-0.4, -0.2) is 25.4 Å². The van der Waals surface area contributed by atoms with Crippen molar-refractivity contribution in [1.29, 1.82) is 0 Å². The average molecular weight is 363 g/mol. The first-order valence-electron chi connectivity index (χ1n) is 9.14. The lowest BCUT2D eigenvalue weighted by atomic mass is 10.0. The third kappa shape index (κ3) is 4.49. The Morgan fingerprint density at radius 3 is 2.74 bits per heavy atom. The first kappa shape index (κ1) is 17.2. The fourth-order valence-electron chi connectivity index (χ4n) is 3.34. The largest absolute Gasteiger partial charge is 0.439 e. The zero-order valence-corrected chi connectivity index (χ0v) is 14.9. The number of rotatable bonds is 6. The molecule has 2 aromatic heterocycles. The van der Waals surface area contributed by atoms with E-state index < -0.39 is 0 Å². The summed E-state index contributed by atoms with van der Waals surface area (Å²) in [6.45, 7) is 0. The Labute approximate surface area is 157 Å². The lowest BCUT2D eigenvalue weighted by Crippen LogP contribution is -2.14. The first-order valence-corrected chi connectivity index (χ1v) is 9.14. The summed E-state index contributed by atoms with van der Waals surface area (Å²) in [6.07, 6.45) is 12.0. The zero-order chi connectivity index (χ0) is 18.5. The van der Waals surface area contributed by atoms with Crippen molar-refractivity contribution in [3.05, 3.63) is 55.4 Å². The smallest absolute Gasteiger partial charge is 0.224 e. The molecule has 0 aliphatic heterocycles. The number of imidazole rings is 1. The molecule has 0 atom stereocenters. The van der Waals surface area contributed by atoms with Gasteiger partial charge in [-0.25, -0.2) is 15.0 Å². The van der Waals surface area contributed by atoms with Gasteiger partial charge in [0.25, 0.3) is 0 Å². The highest BCUT2D eigenvalue weighted by atomic mass is 16.5. The molecule has 0 bridgehead atoms. The van der Waals surface area contributed by atoms with Gasteiger partial charge in [-0.05, 0) is 43.0 Å². The van der Waals surface area contributed by atoms with Crippen LogP contribution < -0.4 is 10.1 Å². The molecule has 1 fully saturated rings. The van der Waals surface area contributed by atoms with E-state index in [4.69, 9.17) is 4.74 Å². The standard InChI is InChI=1S/C20H21N5O2/c26-19(11-15-3-1-2-4-15)24-16-5-7-17(8-6-16)27-20-12-18(22-13-23-20)25-10-9-21-14-25/h5-10,12-15H,1-4,11H2,(H,24,26). The van der Waals surface area contributed by atoms with E-state index in [9.17, 15) is 4.79 Å². The topological polar surface area (TPSA) is 81.9 Å². The molecule has 1 aliphatic carbocycles. The van der Waals surface area contributed by atoms with Crippen LogP contribution in [0, 0.1) is 5.92 Å². The molecule has 3 aromatic rings. The maximum Gasteiger partial charge on any atom is 0.224 e. The Kier molecular flexibility index (Phi) is 5.09. The molecule has 1 amide bonds. The number of anilines is 1. The molecule has 1 aliphatic rings. The van der Waals surface area contributed by atoms with Crippen molar-refractivity contribution >= 4 is 11.6 Å². The van der Waals surface area contributed by atoms with E-state index in [0.717, 1.165) is 5.69 Å². The Balaban J connectivity index is 1.36. The van der Waals surface area contributed by atoms with E-state index in [2.05, 4.69) is 20.3 Å². The predicted molar refractivity (Wildman–Crippen MR) is 101 cm³/mol. The minimum atomic E-state index is 0.0799. The SMILES string of the molecule is O=C(CC1CCCC1)Nc1ccc(Oc2cc(-n3ccnc3)ncn2)cc1. The van der Waals surface area contributed by atoms with Crippen molar-refractivity contribution in [3.8, 4) is 17.4 Å². The minimum Gasteiger partial charge on any atom is -0.439 e. The average Bonchev–Trinajstić information content (AvgIpc) is 3.37. The Bertz CT molecular complexity index is 887. The lowest BCUT2D eigenvalue weighted by molar-refractivity contribution is -0.117. The second-order valence-electron chi connectivity index (χ2n) is 6.71. The van der Waals surface area contributed by atoms with Crippen LogP contribution in [0.4, 0.5) is 5.69 Å². The number of benzene rings is 1. The van der Waals surface area contributed by atoms with Gasteiger partial charge in [0.05, 0.1) is 0 Å². The molecule has 1 aromatic carbocycles. The van der Waals surface area contributed by atoms with E-state index in [1.165, 1.54) is 32.0 Å². The monoisotopic (exact) mass is 363 g/mol. The second-order valence-corrected chi connectivity index (χ2v) is 6.71. The Morgan fingerprint density at radius 2 is 2.00 bits per heavy atom. The highest BCUT2D eigenvalue weighted by Crippen LogP contribution is 2.28. The summed E-state index contributed by atoms with van der Waals surface area (Å²) in [5.41, 5.74) is 0.770. The molecule has 0 unspecified atom stereocenters. The van der Waals surface area contributed by atoms with Crippen LogP contribution >= 0.6 is 0 Å². The van der Waals surface area contributed by atoms with Gasteiger partial charge >= 0.3 is 0 Å². The molecule has 1 saturated carbocycles. The molecule has 27 heavy (non-hydrogen) atoms. The number of amides is 1. The van der Waals surface area contributed by atoms with Crippen molar-refractivity contribution in [2.24, 2.45) is 5.92 Å².